The van der Waals surface area contributed by atoms with Gasteiger partial charge in [0, 0.05) is 17.2 Å². The molecule has 0 radical (unpaired) electrons. The van der Waals surface area contributed by atoms with Gasteiger partial charge in [-0.3, -0.25) is 14.4 Å². The Bertz CT molecular complexity index is 1170. The highest BCUT2D eigenvalue weighted by molar-refractivity contribution is 6.33. The summed E-state index contributed by atoms with van der Waals surface area (Å²) in [7, 11) is 0. The van der Waals surface area contributed by atoms with Crippen LogP contribution in [0, 0.1) is 11.8 Å². The first-order valence-corrected chi connectivity index (χ1v) is 9.43. The molecule has 1 amide bonds. The van der Waals surface area contributed by atoms with Crippen molar-refractivity contribution in [2.45, 2.75) is 30.9 Å². The Morgan fingerprint density at radius 1 is 1.13 bits per heavy atom. The summed E-state index contributed by atoms with van der Waals surface area (Å²) in [6.07, 6.45) is -0.0371. The Morgan fingerprint density at radius 3 is 2.32 bits per heavy atom. The van der Waals surface area contributed by atoms with Crippen molar-refractivity contribution in [1.82, 2.24) is 0 Å². The molecule has 3 aliphatic carbocycles. The number of amides is 1. The van der Waals surface area contributed by atoms with Crippen molar-refractivity contribution in [2.75, 3.05) is 11.5 Å². The number of fused-ring (bicyclic) bond motifs is 3. The summed E-state index contributed by atoms with van der Waals surface area (Å²) < 4.78 is 0. The zero-order valence-electron chi connectivity index (χ0n) is 16.5. The van der Waals surface area contributed by atoms with Crippen LogP contribution < -0.4 is 22.9 Å². The van der Waals surface area contributed by atoms with Crippen LogP contribution in [0.25, 0.3) is 5.76 Å². The van der Waals surface area contributed by atoms with Crippen LogP contribution in [-0.2, 0) is 20.8 Å². The zero-order chi connectivity index (χ0) is 23.2. The van der Waals surface area contributed by atoms with Crippen molar-refractivity contribution in [1.29, 1.82) is 0 Å². The van der Waals surface area contributed by atoms with E-state index in [9.17, 15) is 34.8 Å². The monoisotopic (exact) mass is 430 g/mol. The first kappa shape index (κ1) is 20.7. The number of benzene rings is 1. The van der Waals surface area contributed by atoms with Crippen molar-refractivity contribution >= 4 is 34.6 Å². The van der Waals surface area contributed by atoms with Gasteiger partial charge in [0.2, 0.25) is 11.6 Å². The topological polar surface area (TPSA) is 236 Å². The number of rotatable bonds is 1. The van der Waals surface area contributed by atoms with Crippen LogP contribution in [0.1, 0.15) is 24.5 Å². The number of anilines is 2. The third-order valence-electron chi connectivity index (χ3n) is 6.73. The number of carbonyl (C=O) groups excluding carboxylic acids is 3. The predicted octanol–water partition coefficient (Wildman–Crippen LogP) is -1.08. The average molecular weight is 430 g/mol. The summed E-state index contributed by atoms with van der Waals surface area (Å²) in [6.45, 7) is 1.27. The van der Waals surface area contributed by atoms with E-state index in [0.29, 0.717) is 5.56 Å². The van der Waals surface area contributed by atoms with Crippen molar-refractivity contribution in [3.63, 3.8) is 0 Å². The molecule has 11 heteroatoms. The first-order chi connectivity index (χ1) is 14.3. The van der Waals surface area contributed by atoms with Crippen molar-refractivity contribution < 1.29 is 34.8 Å². The lowest BCUT2D eigenvalue weighted by atomic mass is 9.54. The van der Waals surface area contributed by atoms with E-state index in [1.54, 1.807) is 0 Å². The number of aliphatic hydroxyl groups excluding tert-OH is 2. The summed E-state index contributed by atoms with van der Waals surface area (Å²) in [5.41, 5.74) is 17.3. The highest BCUT2D eigenvalue weighted by Crippen LogP contribution is 2.54. The number of Topliss-reactive ketones (excluding diaryl/α,β-unsaturated/α-hetero) is 2. The maximum absolute atomic E-state index is 13.4. The molecule has 0 aromatic heterocycles. The van der Waals surface area contributed by atoms with E-state index < -0.39 is 63.3 Å². The van der Waals surface area contributed by atoms with Gasteiger partial charge in [-0.2, -0.15) is 0 Å². The summed E-state index contributed by atoms with van der Waals surface area (Å²) in [5, 5.41) is 43.0. The fourth-order valence-corrected chi connectivity index (χ4v) is 5.12. The molecule has 0 bridgehead atoms. The van der Waals surface area contributed by atoms with Gasteiger partial charge in [0.05, 0.1) is 16.8 Å². The number of nitrogens with two attached hydrogens (primary N) is 4. The molecule has 31 heavy (non-hydrogen) atoms. The molecule has 1 fully saturated rings. The van der Waals surface area contributed by atoms with Gasteiger partial charge in [0.15, 0.2) is 5.60 Å². The number of primary amides is 1. The molecular formula is C20H22N4O7. The number of ketones is 2. The number of aromatic hydroxyl groups is 1. The van der Waals surface area contributed by atoms with E-state index in [0.717, 1.165) is 0 Å². The van der Waals surface area contributed by atoms with E-state index in [2.05, 4.69) is 0 Å². The number of hydrogen-bond acceptors (Lipinski definition) is 10. The first-order valence-electron chi connectivity index (χ1n) is 9.43. The second-order valence-corrected chi connectivity index (χ2v) is 8.50. The lowest BCUT2D eigenvalue weighted by Crippen LogP contribution is -2.70. The normalized spacial score (nSPS) is 32.5. The van der Waals surface area contributed by atoms with Crippen LogP contribution in [-0.4, -0.2) is 49.0 Å². The molecule has 4 rings (SSSR count). The summed E-state index contributed by atoms with van der Waals surface area (Å²) in [4.78, 5) is 38.2. The Hall–Kier alpha value is -3.57. The zero-order valence-corrected chi connectivity index (χ0v) is 16.5. The van der Waals surface area contributed by atoms with Crippen LogP contribution in [0.2, 0.25) is 0 Å². The second-order valence-electron chi connectivity index (χ2n) is 8.50. The van der Waals surface area contributed by atoms with E-state index in [1.807, 2.05) is 0 Å². The third kappa shape index (κ3) is 2.32. The Balaban J connectivity index is 1.99. The summed E-state index contributed by atoms with van der Waals surface area (Å²) in [5.74, 6) is -7.99. The number of aliphatic hydroxyl groups is 3. The van der Waals surface area contributed by atoms with Crippen molar-refractivity contribution in [2.24, 2.45) is 23.3 Å². The van der Waals surface area contributed by atoms with Crippen LogP contribution in [0.3, 0.4) is 0 Å². The van der Waals surface area contributed by atoms with Gasteiger partial charge in [0.1, 0.15) is 22.8 Å². The predicted molar refractivity (Wildman–Crippen MR) is 108 cm³/mol. The van der Waals surface area contributed by atoms with Crippen LogP contribution in [0.4, 0.5) is 11.4 Å². The van der Waals surface area contributed by atoms with Crippen molar-refractivity contribution in [3.8, 4) is 5.75 Å². The van der Waals surface area contributed by atoms with Gasteiger partial charge in [-0.15, -0.1) is 0 Å². The number of hydrogen-bond donors (Lipinski definition) is 8. The van der Waals surface area contributed by atoms with E-state index in [1.165, 1.54) is 13.0 Å². The van der Waals surface area contributed by atoms with Crippen LogP contribution in [0.15, 0.2) is 23.0 Å². The minimum absolute atomic E-state index is 0.0736. The van der Waals surface area contributed by atoms with E-state index in [4.69, 9.17) is 22.9 Å². The second kappa shape index (κ2) is 5.99. The summed E-state index contributed by atoms with van der Waals surface area (Å²) >= 11 is 0. The molecule has 0 heterocycles. The van der Waals surface area contributed by atoms with Gasteiger partial charge >= 0.3 is 0 Å². The molecule has 1 saturated carbocycles. The van der Waals surface area contributed by atoms with Gasteiger partial charge < -0.3 is 43.4 Å². The molecule has 12 N–H and O–H groups in total. The highest BCUT2D eigenvalue weighted by Gasteiger charge is 2.67. The molecule has 1 aromatic rings. The molecule has 1 aromatic carbocycles. The molecule has 3 aliphatic rings. The molecule has 0 saturated heterocycles. The summed E-state index contributed by atoms with van der Waals surface area (Å²) in [6, 6.07) is 1.32. The maximum Gasteiger partial charge on any atom is 0.255 e. The van der Waals surface area contributed by atoms with Crippen LogP contribution >= 0.6 is 0 Å². The number of phenolic OH excluding ortho intramolecular Hbond substituents is 1. The van der Waals surface area contributed by atoms with Crippen LogP contribution in [0.5, 0.6) is 5.75 Å². The molecular weight excluding hydrogens is 408 g/mol. The fraction of sp³-hybridized carbons (Fsp3) is 0.350. The Morgan fingerprint density at radius 2 is 1.74 bits per heavy atom. The highest BCUT2D eigenvalue weighted by atomic mass is 16.3. The lowest BCUT2D eigenvalue weighted by molar-refractivity contribution is -0.162. The Labute approximate surface area is 175 Å². The number of carbonyl (C=O) groups is 3. The quantitative estimate of drug-likeness (QED) is 0.0881. The van der Waals surface area contributed by atoms with E-state index in [-0.39, 0.29) is 35.4 Å². The van der Waals surface area contributed by atoms with Gasteiger partial charge in [-0.1, -0.05) is 0 Å². The SMILES string of the molecule is CC1(N)C(O)=C(C(N)=O)C(=O)[C@@]2(O)C(=O)C3=C(O)c4c(O)c(N)cc(N)c4C[C@H]3C[C@@H]12. The van der Waals surface area contributed by atoms with Gasteiger partial charge in [0.25, 0.3) is 5.91 Å². The largest absolute Gasteiger partial charge is 0.509 e. The molecule has 1 unspecified atom stereocenters. The molecule has 11 nitrogen and oxygen atoms in total. The number of phenols is 1. The van der Waals surface area contributed by atoms with E-state index >= 15 is 0 Å². The molecule has 164 valence electrons. The Kier molecular flexibility index (Phi) is 4.00. The standard InChI is InChI=1S/C20H22N4O7/c1-19(24)9-3-5-2-6-7(21)4-8(22)13(25)11(6)14(26)10(5)16(28)20(9,31)17(29)12(15(19)27)18(23)30/h4-5,9,25-27,31H,2-3,21-22,24H2,1H3,(H2,23,30)/t5-,9-,19?,20-/m0/s1. The van der Waals surface area contributed by atoms with Gasteiger partial charge in [-0.25, -0.2) is 0 Å². The minimum Gasteiger partial charge on any atom is -0.509 e. The number of nitrogen functional groups attached to an aromatic ring is 2. The third-order valence-corrected chi connectivity index (χ3v) is 6.73. The average Bonchev–Trinajstić information content (AvgIpc) is 2.67. The smallest absolute Gasteiger partial charge is 0.255 e. The minimum atomic E-state index is -2.85. The lowest BCUT2D eigenvalue weighted by Gasteiger charge is -2.51. The van der Waals surface area contributed by atoms with Gasteiger partial charge in [-0.05, 0) is 37.3 Å². The van der Waals surface area contributed by atoms with Crippen molar-refractivity contribution in [3.05, 3.63) is 34.1 Å². The molecule has 0 aliphatic heterocycles. The molecule has 4 atom stereocenters. The fourth-order valence-electron chi connectivity index (χ4n) is 5.12. The maximum atomic E-state index is 13.4. The molecule has 0 spiro atoms.